The largest absolute Gasteiger partial charge is 0.467 e. The predicted octanol–water partition coefficient (Wildman–Crippen LogP) is 3.02. The maximum Gasteiger partial charge on any atom is 0.317 e. The van der Waals surface area contributed by atoms with Gasteiger partial charge in [-0.3, -0.25) is 0 Å². The first-order chi connectivity index (χ1) is 13.7. The minimum Gasteiger partial charge on any atom is -0.467 e. The Kier molecular flexibility index (Phi) is 5.73. The van der Waals surface area contributed by atoms with Crippen molar-refractivity contribution in [3.8, 4) is 5.75 Å². The quantitative estimate of drug-likeness (QED) is 0.878. The van der Waals surface area contributed by atoms with Crippen molar-refractivity contribution >= 4 is 6.03 Å². The molecule has 0 aliphatic carbocycles. The Morgan fingerprint density at radius 1 is 1.25 bits per heavy atom. The zero-order valence-electron chi connectivity index (χ0n) is 15.5. The maximum atomic E-state index is 13.8. The van der Waals surface area contributed by atoms with E-state index >= 15 is 0 Å². The van der Waals surface area contributed by atoms with Gasteiger partial charge >= 0.3 is 6.03 Å². The van der Waals surface area contributed by atoms with Gasteiger partial charge in [0.05, 0.1) is 19.8 Å². The summed E-state index contributed by atoms with van der Waals surface area (Å²) in [5.41, 5.74) is 2.50. The monoisotopic (exact) mass is 386 g/mol. The van der Waals surface area contributed by atoms with Crippen LogP contribution in [-0.4, -0.2) is 44.0 Å². The third-order valence-corrected chi connectivity index (χ3v) is 4.95. The predicted molar refractivity (Wildman–Crippen MR) is 100 cm³/mol. The standard InChI is InChI=1S/C21H23FN2O4/c22-18-10-16(20-17(11-18)13-26-14-28-20)6-7-23-21(25)24-8-9-27-19(12-24)15-4-2-1-3-5-15/h1-5,10-11,19H,6-9,12-14H2,(H,23,25)/t19-/m0/s1. The Morgan fingerprint density at radius 2 is 2.11 bits per heavy atom. The van der Waals surface area contributed by atoms with Gasteiger partial charge < -0.3 is 24.4 Å². The van der Waals surface area contributed by atoms with E-state index in [0.29, 0.717) is 50.6 Å². The summed E-state index contributed by atoms with van der Waals surface area (Å²) in [6.45, 7) is 2.44. The van der Waals surface area contributed by atoms with Crippen molar-refractivity contribution in [2.45, 2.75) is 19.1 Å². The summed E-state index contributed by atoms with van der Waals surface area (Å²) in [5.74, 6) is 0.338. The molecule has 2 heterocycles. The van der Waals surface area contributed by atoms with Gasteiger partial charge in [0.25, 0.3) is 0 Å². The summed E-state index contributed by atoms with van der Waals surface area (Å²) >= 11 is 0. The Morgan fingerprint density at radius 3 is 2.96 bits per heavy atom. The number of halogens is 1. The molecule has 7 heteroatoms. The average Bonchev–Trinajstić information content (AvgIpc) is 2.74. The van der Waals surface area contributed by atoms with Crippen molar-refractivity contribution in [1.29, 1.82) is 0 Å². The van der Waals surface area contributed by atoms with Crippen LogP contribution in [0.15, 0.2) is 42.5 Å². The van der Waals surface area contributed by atoms with E-state index in [1.165, 1.54) is 12.1 Å². The summed E-state index contributed by atoms with van der Waals surface area (Å²) in [7, 11) is 0. The zero-order chi connectivity index (χ0) is 19.3. The third kappa shape index (κ3) is 4.26. The Balaban J connectivity index is 1.33. The molecule has 0 radical (unpaired) electrons. The van der Waals surface area contributed by atoms with E-state index in [1.54, 1.807) is 4.90 Å². The van der Waals surface area contributed by atoms with Gasteiger partial charge in [-0.2, -0.15) is 0 Å². The lowest BCUT2D eigenvalue weighted by atomic mass is 10.1. The van der Waals surface area contributed by atoms with Crippen LogP contribution >= 0.6 is 0 Å². The van der Waals surface area contributed by atoms with Gasteiger partial charge in [0.1, 0.15) is 17.7 Å². The topological polar surface area (TPSA) is 60.0 Å². The number of carbonyl (C=O) groups excluding carboxylic acids is 1. The minimum absolute atomic E-state index is 0.121. The molecule has 2 aromatic rings. The van der Waals surface area contributed by atoms with Gasteiger partial charge in [0.2, 0.25) is 0 Å². The summed E-state index contributed by atoms with van der Waals surface area (Å²) in [5, 5.41) is 2.92. The van der Waals surface area contributed by atoms with Gasteiger partial charge in [-0.25, -0.2) is 9.18 Å². The Hall–Kier alpha value is -2.64. The van der Waals surface area contributed by atoms with Crippen molar-refractivity contribution in [3.63, 3.8) is 0 Å². The van der Waals surface area contributed by atoms with E-state index in [0.717, 1.165) is 11.1 Å². The van der Waals surface area contributed by atoms with Gasteiger partial charge in [-0.1, -0.05) is 30.3 Å². The molecule has 2 aromatic carbocycles. The molecule has 2 aliphatic heterocycles. The molecule has 4 rings (SSSR count). The summed E-state index contributed by atoms with van der Waals surface area (Å²) in [6, 6.07) is 12.6. The molecule has 0 saturated carbocycles. The molecule has 148 valence electrons. The average molecular weight is 386 g/mol. The number of nitrogens with zero attached hydrogens (tertiary/aromatic N) is 1. The second kappa shape index (κ2) is 8.58. The highest BCUT2D eigenvalue weighted by Gasteiger charge is 2.25. The number of urea groups is 1. The second-order valence-electron chi connectivity index (χ2n) is 6.86. The number of carbonyl (C=O) groups is 1. The normalized spacial score (nSPS) is 18.9. The van der Waals surface area contributed by atoms with Crippen LogP contribution in [0.5, 0.6) is 5.75 Å². The van der Waals surface area contributed by atoms with Crippen molar-refractivity contribution in [2.24, 2.45) is 0 Å². The molecule has 1 saturated heterocycles. The highest BCUT2D eigenvalue weighted by atomic mass is 19.1. The first-order valence-corrected chi connectivity index (χ1v) is 9.42. The van der Waals surface area contributed by atoms with Crippen molar-refractivity contribution in [1.82, 2.24) is 10.2 Å². The number of rotatable bonds is 4. The van der Waals surface area contributed by atoms with E-state index in [9.17, 15) is 9.18 Å². The van der Waals surface area contributed by atoms with Crippen molar-refractivity contribution < 1.29 is 23.4 Å². The summed E-state index contributed by atoms with van der Waals surface area (Å²) < 4.78 is 30.3. The number of amides is 2. The molecule has 6 nitrogen and oxygen atoms in total. The van der Waals surface area contributed by atoms with Crippen LogP contribution in [0, 0.1) is 5.82 Å². The lowest BCUT2D eigenvalue weighted by Crippen LogP contribution is -2.47. The molecule has 28 heavy (non-hydrogen) atoms. The number of fused-ring (bicyclic) bond motifs is 1. The lowest BCUT2D eigenvalue weighted by molar-refractivity contribution is -0.0173. The minimum atomic E-state index is -0.326. The number of nitrogens with one attached hydrogen (secondary N) is 1. The fourth-order valence-electron chi connectivity index (χ4n) is 3.56. The van der Waals surface area contributed by atoms with E-state index < -0.39 is 0 Å². The molecule has 2 aliphatic rings. The number of benzene rings is 2. The Bertz CT molecular complexity index is 831. The zero-order valence-corrected chi connectivity index (χ0v) is 15.5. The fraction of sp³-hybridized carbons (Fsp3) is 0.381. The van der Waals surface area contributed by atoms with Gasteiger partial charge in [-0.05, 0) is 29.7 Å². The SMILES string of the molecule is O=C(NCCc1cc(F)cc2c1OCOC2)N1CCO[C@H](c2ccccc2)C1. The maximum absolute atomic E-state index is 13.8. The second-order valence-corrected chi connectivity index (χ2v) is 6.86. The summed E-state index contributed by atoms with van der Waals surface area (Å²) in [4.78, 5) is 14.3. The number of morpholine rings is 1. The van der Waals surface area contributed by atoms with Crippen LogP contribution in [0.3, 0.4) is 0 Å². The first kappa shape index (κ1) is 18.7. The Labute approximate surface area is 163 Å². The third-order valence-electron chi connectivity index (χ3n) is 4.95. The van der Waals surface area contributed by atoms with E-state index in [2.05, 4.69) is 5.32 Å². The van der Waals surface area contributed by atoms with Crippen LogP contribution in [0.1, 0.15) is 22.8 Å². The lowest BCUT2D eigenvalue weighted by Gasteiger charge is -2.33. The molecule has 0 spiro atoms. The van der Waals surface area contributed by atoms with Crippen molar-refractivity contribution in [3.05, 3.63) is 65.0 Å². The number of ether oxygens (including phenoxy) is 3. The number of hydrogen-bond acceptors (Lipinski definition) is 4. The van der Waals surface area contributed by atoms with Gasteiger partial charge in [-0.15, -0.1) is 0 Å². The molecule has 0 unspecified atom stereocenters. The van der Waals surface area contributed by atoms with Crippen LogP contribution in [0.4, 0.5) is 9.18 Å². The van der Waals surface area contributed by atoms with Crippen LogP contribution in [0.25, 0.3) is 0 Å². The van der Waals surface area contributed by atoms with Crippen molar-refractivity contribution in [2.75, 3.05) is 33.0 Å². The molecule has 0 bridgehead atoms. The van der Waals surface area contributed by atoms with Crippen LogP contribution in [-0.2, 0) is 22.5 Å². The molecule has 2 amide bonds. The molecule has 1 N–H and O–H groups in total. The smallest absolute Gasteiger partial charge is 0.317 e. The molecular weight excluding hydrogens is 363 g/mol. The highest BCUT2D eigenvalue weighted by Crippen LogP contribution is 2.29. The van der Waals surface area contributed by atoms with E-state index in [-0.39, 0.29) is 24.7 Å². The van der Waals surface area contributed by atoms with E-state index in [1.807, 2.05) is 30.3 Å². The van der Waals surface area contributed by atoms with Crippen LogP contribution < -0.4 is 10.1 Å². The molecular formula is C21H23FN2O4. The van der Waals surface area contributed by atoms with Gasteiger partial charge in [0, 0.05) is 18.7 Å². The molecule has 0 aromatic heterocycles. The molecule has 1 fully saturated rings. The fourth-order valence-corrected chi connectivity index (χ4v) is 3.56. The number of hydrogen-bond donors (Lipinski definition) is 1. The van der Waals surface area contributed by atoms with Crippen LogP contribution in [0.2, 0.25) is 0 Å². The molecule has 1 atom stereocenters. The summed E-state index contributed by atoms with van der Waals surface area (Å²) in [6.07, 6.45) is 0.363. The van der Waals surface area contributed by atoms with E-state index in [4.69, 9.17) is 14.2 Å². The first-order valence-electron chi connectivity index (χ1n) is 9.42. The highest BCUT2D eigenvalue weighted by molar-refractivity contribution is 5.74. The van der Waals surface area contributed by atoms with Gasteiger partial charge in [0.15, 0.2) is 6.79 Å².